The number of tetrazole rings is 1. The van der Waals surface area contributed by atoms with Crippen LogP contribution in [0.1, 0.15) is 11.5 Å². The van der Waals surface area contributed by atoms with Crippen molar-refractivity contribution in [2.75, 3.05) is 0 Å². The third kappa shape index (κ3) is 4.72. The smallest absolute Gasteiger partial charge is 0.330 e. The summed E-state index contributed by atoms with van der Waals surface area (Å²) >= 11 is 3.39. The molecule has 0 aliphatic heterocycles. The molecule has 2 aromatic heterocycles. The molecule has 29 heavy (non-hydrogen) atoms. The van der Waals surface area contributed by atoms with Crippen LogP contribution in [0.15, 0.2) is 57.5 Å². The van der Waals surface area contributed by atoms with Crippen LogP contribution in [0.2, 0.25) is 0 Å². The van der Waals surface area contributed by atoms with E-state index in [1.807, 2.05) is 55.5 Å². The fourth-order valence-corrected chi connectivity index (χ4v) is 2.89. The molecule has 2 aromatic carbocycles. The minimum Gasteiger partial charge on any atom is -0.454 e. The normalized spacial score (nSPS) is 10.8. The highest BCUT2D eigenvalue weighted by Gasteiger charge is 2.14. The summed E-state index contributed by atoms with van der Waals surface area (Å²) in [5, 5.41) is 15.9. The molecule has 0 atom stereocenters. The van der Waals surface area contributed by atoms with E-state index in [9.17, 15) is 4.79 Å². The summed E-state index contributed by atoms with van der Waals surface area (Å²) in [5.41, 5.74) is 2.74. The zero-order chi connectivity index (χ0) is 20.2. The molecule has 0 aliphatic rings. The summed E-state index contributed by atoms with van der Waals surface area (Å²) < 4.78 is 11.2. The van der Waals surface area contributed by atoms with E-state index in [0.717, 1.165) is 21.2 Å². The summed E-state index contributed by atoms with van der Waals surface area (Å²) in [7, 11) is 0. The van der Waals surface area contributed by atoms with Gasteiger partial charge in [0.2, 0.25) is 11.6 Å². The molecule has 4 rings (SSSR count). The molecule has 146 valence electrons. The third-order valence-corrected chi connectivity index (χ3v) is 4.43. The van der Waals surface area contributed by atoms with Crippen molar-refractivity contribution in [2.24, 2.45) is 0 Å². The summed E-state index contributed by atoms with van der Waals surface area (Å²) in [6.45, 7) is 1.68. The van der Waals surface area contributed by atoms with Gasteiger partial charge in [-0.15, -0.1) is 10.2 Å². The summed E-state index contributed by atoms with van der Waals surface area (Å²) in [4.78, 5) is 17.5. The predicted octanol–water partition coefficient (Wildman–Crippen LogP) is 3.20. The second-order valence-electron chi connectivity index (χ2n) is 6.19. The number of aryl methyl sites for hydroxylation is 1. The summed E-state index contributed by atoms with van der Waals surface area (Å²) in [6, 6.07) is 15.2. The zero-order valence-electron chi connectivity index (χ0n) is 15.3. The van der Waals surface area contributed by atoms with E-state index in [4.69, 9.17) is 9.26 Å². The van der Waals surface area contributed by atoms with Gasteiger partial charge in [0.05, 0.1) is 0 Å². The molecule has 0 unspecified atom stereocenters. The van der Waals surface area contributed by atoms with Gasteiger partial charge in [-0.05, 0) is 24.3 Å². The number of esters is 1. The van der Waals surface area contributed by atoms with Crippen LogP contribution in [0, 0.1) is 6.92 Å². The number of nitrogens with zero attached hydrogens (tertiary/aromatic N) is 6. The quantitative estimate of drug-likeness (QED) is 0.408. The Hall–Kier alpha value is -3.40. The number of carbonyl (C=O) groups excluding carboxylic acids is 1. The second kappa shape index (κ2) is 8.31. The van der Waals surface area contributed by atoms with E-state index in [-0.39, 0.29) is 19.0 Å². The molecular weight excluding hydrogens is 440 g/mol. The van der Waals surface area contributed by atoms with Crippen molar-refractivity contribution < 1.29 is 14.1 Å². The number of benzene rings is 2. The van der Waals surface area contributed by atoms with Crippen molar-refractivity contribution in [3.63, 3.8) is 0 Å². The Bertz CT molecular complexity index is 1140. The van der Waals surface area contributed by atoms with Gasteiger partial charge < -0.3 is 9.26 Å². The fourth-order valence-electron chi connectivity index (χ4n) is 2.49. The molecule has 4 aromatic rings. The Balaban J connectivity index is 1.33. The van der Waals surface area contributed by atoms with Gasteiger partial charge in [-0.25, -0.2) is 4.79 Å². The van der Waals surface area contributed by atoms with Crippen LogP contribution in [0.4, 0.5) is 0 Å². The molecule has 0 radical (unpaired) electrons. The Morgan fingerprint density at radius 3 is 2.76 bits per heavy atom. The monoisotopic (exact) mass is 454 g/mol. The van der Waals surface area contributed by atoms with Crippen molar-refractivity contribution in [3.8, 4) is 22.8 Å². The average Bonchev–Trinajstić information content (AvgIpc) is 3.37. The molecule has 0 saturated heterocycles. The lowest BCUT2D eigenvalue weighted by atomic mass is 10.1. The second-order valence-corrected chi connectivity index (χ2v) is 7.11. The minimum absolute atomic E-state index is 0.140. The van der Waals surface area contributed by atoms with Gasteiger partial charge in [0, 0.05) is 15.6 Å². The first kappa shape index (κ1) is 18.9. The van der Waals surface area contributed by atoms with Crippen molar-refractivity contribution in [3.05, 3.63) is 64.5 Å². The van der Waals surface area contributed by atoms with Crippen molar-refractivity contribution >= 4 is 21.9 Å². The van der Waals surface area contributed by atoms with Crippen LogP contribution in [-0.4, -0.2) is 36.3 Å². The van der Waals surface area contributed by atoms with Crippen LogP contribution in [0.3, 0.4) is 0 Å². The third-order valence-electron chi connectivity index (χ3n) is 3.94. The molecule has 9 nitrogen and oxygen atoms in total. The highest BCUT2D eigenvalue weighted by Crippen LogP contribution is 2.20. The number of carbonyl (C=O) groups is 1. The highest BCUT2D eigenvalue weighted by molar-refractivity contribution is 9.10. The van der Waals surface area contributed by atoms with E-state index in [0.29, 0.717) is 11.6 Å². The number of halogens is 1. The molecule has 2 heterocycles. The maximum absolute atomic E-state index is 12.1. The Morgan fingerprint density at radius 2 is 1.97 bits per heavy atom. The van der Waals surface area contributed by atoms with Crippen LogP contribution in [-0.2, 0) is 22.7 Å². The summed E-state index contributed by atoms with van der Waals surface area (Å²) in [5.74, 6) is 0.506. The largest absolute Gasteiger partial charge is 0.454 e. The fraction of sp³-hybridized carbons (Fsp3) is 0.158. The van der Waals surface area contributed by atoms with Crippen LogP contribution < -0.4 is 0 Å². The maximum atomic E-state index is 12.1. The highest BCUT2D eigenvalue weighted by atomic mass is 79.9. The van der Waals surface area contributed by atoms with Gasteiger partial charge in [-0.1, -0.05) is 63.0 Å². The Kier molecular flexibility index (Phi) is 5.43. The molecule has 0 aliphatic carbocycles. The lowest BCUT2D eigenvalue weighted by molar-refractivity contribution is -0.147. The molecule has 0 saturated carbocycles. The lowest BCUT2D eigenvalue weighted by Gasteiger charge is -2.00. The lowest BCUT2D eigenvalue weighted by Crippen LogP contribution is -2.15. The topological polar surface area (TPSA) is 109 Å². The van der Waals surface area contributed by atoms with E-state index in [2.05, 4.69) is 41.5 Å². The Labute approximate surface area is 173 Å². The van der Waals surface area contributed by atoms with Crippen molar-refractivity contribution in [1.82, 2.24) is 30.3 Å². The molecule has 0 bridgehead atoms. The van der Waals surface area contributed by atoms with E-state index in [1.54, 1.807) is 0 Å². The van der Waals surface area contributed by atoms with Crippen LogP contribution >= 0.6 is 15.9 Å². The van der Waals surface area contributed by atoms with Crippen molar-refractivity contribution in [1.29, 1.82) is 0 Å². The predicted molar refractivity (Wildman–Crippen MR) is 105 cm³/mol. The SMILES string of the molecule is Cc1ccc(-c2nnn(CC(=O)OCc3nc(-c4cccc(Br)c4)no3)n2)cc1. The van der Waals surface area contributed by atoms with Crippen LogP contribution in [0.5, 0.6) is 0 Å². The molecule has 10 heteroatoms. The van der Waals surface area contributed by atoms with Gasteiger partial charge in [-0.3, -0.25) is 0 Å². The number of hydrogen-bond donors (Lipinski definition) is 0. The van der Waals surface area contributed by atoms with Gasteiger partial charge in [-0.2, -0.15) is 9.78 Å². The summed E-state index contributed by atoms with van der Waals surface area (Å²) in [6.07, 6.45) is 0. The van der Waals surface area contributed by atoms with Crippen molar-refractivity contribution in [2.45, 2.75) is 20.1 Å². The van der Waals surface area contributed by atoms with Crippen LogP contribution in [0.25, 0.3) is 22.8 Å². The number of ether oxygens (including phenoxy) is 1. The van der Waals surface area contributed by atoms with E-state index >= 15 is 0 Å². The minimum atomic E-state index is -0.542. The number of hydrogen-bond acceptors (Lipinski definition) is 8. The molecule has 0 N–H and O–H groups in total. The molecule has 0 amide bonds. The maximum Gasteiger partial charge on any atom is 0.330 e. The first-order valence-electron chi connectivity index (χ1n) is 8.66. The first-order valence-corrected chi connectivity index (χ1v) is 9.45. The average molecular weight is 455 g/mol. The van der Waals surface area contributed by atoms with Gasteiger partial charge >= 0.3 is 5.97 Å². The number of aromatic nitrogens is 6. The van der Waals surface area contributed by atoms with E-state index < -0.39 is 5.97 Å². The van der Waals surface area contributed by atoms with E-state index in [1.165, 1.54) is 4.80 Å². The first-order chi connectivity index (χ1) is 14.1. The molecule has 0 spiro atoms. The number of rotatable bonds is 6. The standard InChI is InChI=1S/C19H15BrN6O3/c1-12-5-7-13(8-6-12)19-22-25-26(23-19)10-17(27)28-11-16-21-18(24-29-16)14-3-2-4-15(20)9-14/h2-9H,10-11H2,1H3. The van der Waals surface area contributed by atoms with Gasteiger partial charge in [0.25, 0.3) is 5.89 Å². The van der Waals surface area contributed by atoms with Gasteiger partial charge in [0.15, 0.2) is 13.2 Å². The molecule has 0 fully saturated rings. The molecular formula is C19H15BrN6O3. The van der Waals surface area contributed by atoms with Gasteiger partial charge in [0.1, 0.15) is 0 Å². The Morgan fingerprint density at radius 1 is 1.14 bits per heavy atom. The zero-order valence-corrected chi connectivity index (χ0v) is 16.9.